The average molecular weight is 126 g/mol. The van der Waals surface area contributed by atoms with Crippen LogP contribution in [0.15, 0.2) is 12.2 Å². The Morgan fingerprint density at radius 2 is 1.78 bits per heavy atom. The lowest BCUT2D eigenvalue weighted by Crippen LogP contribution is -2.24. The Morgan fingerprint density at radius 3 is 1.89 bits per heavy atom. The van der Waals surface area contributed by atoms with Crippen LogP contribution in [0, 0.1) is 6.04 Å². The summed E-state index contributed by atoms with van der Waals surface area (Å²) in [6.07, 6.45) is 0. The summed E-state index contributed by atoms with van der Waals surface area (Å²) in [5.41, 5.74) is 0.538. The van der Waals surface area contributed by atoms with Crippen molar-refractivity contribution in [3.05, 3.63) is 18.2 Å². The maximum atomic E-state index is 10.7. The Morgan fingerprint density at radius 1 is 1.33 bits per heavy atom. The van der Waals surface area contributed by atoms with E-state index in [9.17, 15) is 4.79 Å². The first-order valence-corrected chi connectivity index (χ1v) is 2.81. The highest BCUT2D eigenvalue weighted by atomic mass is 16.1. The first-order valence-electron chi connectivity index (χ1n) is 2.81. The standard InChI is InChI=1S/C7H12NO/c1-5(2)7(9)8-6(3)4/h1H2,2-4H3,(H,8,9). The maximum Gasteiger partial charge on any atom is 0.246 e. The number of hydrogen-bond acceptors (Lipinski definition) is 1. The molecule has 0 bridgehead atoms. The highest BCUT2D eigenvalue weighted by molar-refractivity contribution is 5.92. The van der Waals surface area contributed by atoms with Gasteiger partial charge in [-0.15, -0.1) is 0 Å². The minimum Gasteiger partial charge on any atom is -0.345 e. The van der Waals surface area contributed by atoms with Crippen molar-refractivity contribution in [1.82, 2.24) is 5.32 Å². The van der Waals surface area contributed by atoms with Gasteiger partial charge in [0.2, 0.25) is 5.91 Å². The van der Waals surface area contributed by atoms with E-state index in [0.717, 1.165) is 6.04 Å². The lowest BCUT2D eigenvalue weighted by atomic mass is 10.3. The lowest BCUT2D eigenvalue weighted by Gasteiger charge is -2.05. The molecule has 0 rings (SSSR count). The first kappa shape index (κ1) is 8.21. The summed E-state index contributed by atoms with van der Waals surface area (Å²) in [4.78, 5) is 10.7. The van der Waals surface area contributed by atoms with E-state index < -0.39 is 0 Å². The minimum atomic E-state index is -0.102. The van der Waals surface area contributed by atoms with E-state index in [-0.39, 0.29) is 5.91 Å². The fourth-order valence-electron chi connectivity index (χ4n) is 0.334. The molecule has 0 spiro atoms. The zero-order valence-electron chi connectivity index (χ0n) is 6.12. The number of carbonyl (C=O) groups excluding carboxylic acids is 1. The van der Waals surface area contributed by atoms with Crippen LogP contribution >= 0.6 is 0 Å². The van der Waals surface area contributed by atoms with E-state index >= 15 is 0 Å². The second-order valence-corrected chi connectivity index (χ2v) is 2.23. The van der Waals surface area contributed by atoms with Crippen molar-refractivity contribution in [2.24, 2.45) is 0 Å². The van der Waals surface area contributed by atoms with Gasteiger partial charge in [-0.2, -0.15) is 0 Å². The molecule has 9 heavy (non-hydrogen) atoms. The zero-order chi connectivity index (χ0) is 7.44. The molecular weight excluding hydrogens is 114 g/mol. The average Bonchev–Trinajstić information content (AvgIpc) is 1.63. The number of hydrogen-bond donors (Lipinski definition) is 1. The molecule has 0 aromatic heterocycles. The molecule has 2 heteroatoms. The fourth-order valence-corrected chi connectivity index (χ4v) is 0.334. The summed E-state index contributed by atoms with van der Waals surface area (Å²) in [6.45, 7) is 8.83. The minimum absolute atomic E-state index is 0.102. The molecule has 51 valence electrons. The van der Waals surface area contributed by atoms with Crippen LogP contribution in [0.1, 0.15) is 20.8 Å². The maximum absolute atomic E-state index is 10.7. The van der Waals surface area contributed by atoms with Gasteiger partial charge in [0.25, 0.3) is 0 Å². The van der Waals surface area contributed by atoms with Crippen molar-refractivity contribution in [2.45, 2.75) is 20.8 Å². The number of nitrogens with one attached hydrogen (secondary N) is 1. The van der Waals surface area contributed by atoms with E-state index in [1.165, 1.54) is 0 Å². The van der Waals surface area contributed by atoms with E-state index in [2.05, 4.69) is 11.9 Å². The zero-order valence-corrected chi connectivity index (χ0v) is 6.12. The topological polar surface area (TPSA) is 29.1 Å². The van der Waals surface area contributed by atoms with Gasteiger partial charge in [0.1, 0.15) is 0 Å². The summed E-state index contributed by atoms with van der Waals surface area (Å²) in [5, 5.41) is 2.62. The molecule has 0 heterocycles. The predicted molar refractivity (Wildman–Crippen MR) is 37.5 cm³/mol. The molecule has 0 aliphatic carbocycles. The normalized spacial score (nSPS) is 9.33. The quantitative estimate of drug-likeness (QED) is 0.554. The second kappa shape index (κ2) is 3.28. The van der Waals surface area contributed by atoms with E-state index in [1.807, 2.05) is 13.8 Å². The molecule has 0 saturated carbocycles. The van der Waals surface area contributed by atoms with Gasteiger partial charge in [-0.05, 0) is 20.8 Å². The molecule has 0 aromatic rings. The highest BCUT2D eigenvalue weighted by Gasteiger charge is 2.01. The molecule has 0 fully saturated rings. The van der Waals surface area contributed by atoms with Crippen molar-refractivity contribution in [3.63, 3.8) is 0 Å². The Bertz CT molecular complexity index is 127. The predicted octanol–water partition coefficient (Wildman–Crippen LogP) is 1.25. The van der Waals surface area contributed by atoms with Crippen LogP contribution in [0.5, 0.6) is 0 Å². The molecule has 0 saturated heterocycles. The van der Waals surface area contributed by atoms with E-state index in [4.69, 9.17) is 0 Å². The fraction of sp³-hybridized carbons (Fsp3) is 0.429. The van der Waals surface area contributed by atoms with E-state index in [1.54, 1.807) is 6.92 Å². The number of rotatable bonds is 2. The molecule has 1 N–H and O–H groups in total. The molecule has 0 aliphatic rings. The first-order chi connectivity index (χ1) is 4.04. The van der Waals surface area contributed by atoms with Crippen LogP contribution in [0.3, 0.4) is 0 Å². The van der Waals surface area contributed by atoms with Crippen molar-refractivity contribution < 1.29 is 4.79 Å². The molecule has 1 amide bonds. The largest absolute Gasteiger partial charge is 0.345 e. The summed E-state index contributed by atoms with van der Waals surface area (Å²) in [6, 6.07) is 0.892. The van der Waals surface area contributed by atoms with Crippen molar-refractivity contribution >= 4 is 5.91 Å². The van der Waals surface area contributed by atoms with Crippen LogP contribution in [0.4, 0.5) is 0 Å². The van der Waals surface area contributed by atoms with Crippen LogP contribution in [-0.2, 0) is 4.79 Å². The van der Waals surface area contributed by atoms with Crippen molar-refractivity contribution in [1.29, 1.82) is 0 Å². The molecule has 0 unspecified atom stereocenters. The molecular formula is C7H12NO. The van der Waals surface area contributed by atoms with Crippen molar-refractivity contribution in [3.8, 4) is 0 Å². The third kappa shape index (κ3) is 3.76. The second-order valence-electron chi connectivity index (χ2n) is 2.23. The van der Waals surface area contributed by atoms with Gasteiger partial charge < -0.3 is 5.32 Å². The highest BCUT2D eigenvalue weighted by Crippen LogP contribution is 1.92. The van der Waals surface area contributed by atoms with Crippen LogP contribution in [-0.4, -0.2) is 5.91 Å². The molecule has 0 aliphatic heterocycles. The number of carbonyl (C=O) groups is 1. The molecule has 1 radical (unpaired) electrons. The van der Waals surface area contributed by atoms with Crippen molar-refractivity contribution in [2.75, 3.05) is 0 Å². The SMILES string of the molecule is C=C(C)C(=O)N[C](C)C. The lowest BCUT2D eigenvalue weighted by molar-refractivity contribution is -0.117. The molecule has 0 atom stereocenters. The monoisotopic (exact) mass is 126 g/mol. The Balaban J connectivity index is 3.65. The van der Waals surface area contributed by atoms with Gasteiger partial charge in [-0.25, -0.2) is 0 Å². The third-order valence-corrected chi connectivity index (χ3v) is 0.751. The Hall–Kier alpha value is -0.790. The van der Waals surface area contributed by atoms with Gasteiger partial charge in [0.15, 0.2) is 0 Å². The van der Waals surface area contributed by atoms with Gasteiger partial charge in [-0.1, -0.05) is 6.58 Å². The summed E-state index contributed by atoms with van der Waals surface area (Å²) in [5.74, 6) is -0.102. The molecule has 0 aromatic carbocycles. The molecule has 2 nitrogen and oxygen atoms in total. The van der Waals surface area contributed by atoms with E-state index in [0.29, 0.717) is 5.57 Å². The third-order valence-electron chi connectivity index (χ3n) is 0.751. The van der Waals surface area contributed by atoms with Gasteiger partial charge in [0, 0.05) is 5.57 Å². The van der Waals surface area contributed by atoms with Gasteiger partial charge in [0.05, 0.1) is 6.04 Å². The van der Waals surface area contributed by atoms with Gasteiger partial charge in [-0.3, -0.25) is 4.79 Å². The Labute approximate surface area is 56.0 Å². The Kier molecular flexibility index (Phi) is 2.99. The van der Waals surface area contributed by atoms with Crippen LogP contribution in [0.2, 0.25) is 0 Å². The van der Waals surface area contributed by atoms with Crippen LogP contribution < -0.4 is 5.32 Å². The smallest absolute Gasteiger partial charge is 0.246 e. The summed E-state index contributed by atoms with van der Waals surface area (Å²) in [7, 11) is 0. The van der Waals surface area contributed by atoms with Crippen LogP contribution in [0.25, 0.3) is 0 Å². The van der Waals surface area contributed by atoms with Gasteiger partial charge >= 0.3 is 0 Å². The summed E-state index contributed by atoms with van der Waals surface area (Å²) >= 11 is 0. The number of amides is 1. The summed E-state index contributed by atoms with van der Waals surface area (Å²) < 4.78 is 0.